The highest BCUT2D eigenvalue weighted by molar-refractivity contribution is 9.09. The first kappa shape index (κ1) is 14.3. The normalized spacial score (nSPS) is 15.1. The summed E-state index contributed by atoms with van der Waals surface area (Å²) in [6.45, 7) is 0.507. The van der Waals surface area contributed by atoms with E-state index in [9.17, 15) is 9.59 Å². The maximum atomic E-state index is 12.2. The standard InChI is InChI=1S/C13H12BrN3O3/c14-5-6-20-9-3-1-8-2-4-11(16-17-13(15)19)12(18)10(8)7-9/h1-4,7H,5-6H2,(H3,15,17,19)/b16-11+. The Bertz CT molecular complexity index is 611. The van der Waals surface area contributed by atoms with Crippen LogP contribution in [0.2, 0.25) is 0 Å². The molecule has 0 saturated carbocycles. The summed E-state index contributed by atoms with van der Waals surface area (Å²) < 4.78 is 5.45. The van der Waals surface area contributed by atoms with Gasteiger partial charge in [-0.3, -0.25) is 4.79 Å². The third-order valence-corrected chi connectivity index (χ3v) is 2.88. The zero-order valence-electron chi connectivity index (χ0n) is 10.4. The minimum atomic E-state index is -0.820. The quantitative estimate of drug-likeness (QED) is 0.646. The van der Waals surface area contributed by atoms with Gasteiger partial charge in [0.15, 0.2) is 0 Å². The number of hydrogen-bond acceptors (Lipinski definition) is 4. The molecule has 0 radical (unpaired) electrons. The van der Waals surface area contributed by atoms with Crippen LogP contribution in [0.15, 0.2) is 29.4 Å². The Labute approximate surface area is 123 Å². The molecule has 0 aliphatic heterocycles. The van der Waals surface area contributed by atoms with Gasteiger partial charge in [0.2, 0.25) is 5.78 Å². The number of Topliss-reactive ketones (excluding diaryl/α,β-unsaturated/α-hetero) is 1. The van der Waals surface area contributed by atoms with Crippen LogP contribution in [0.5, 0.6) is 5.75 Å². The lowest BCUT2D eigenvalue weighted by atomic mass is 9.95. The second kappa shape index (κ2) is 6.33. The summed E-state index contributed by atoms with van der Waals surface area (Å²) in [5.41, 5.74) is 8.33. The van der Waals surface area contributed by atoms with Gasteiger partial charge in [0, 0.05) is 10.9 Å². The lowest BCUT2D eigenvalue weighted by molar-refractivity contribution is 0.106. The van der Waals surface area contributed by atoms with Crippen molar-refractivity contribution in [1.82, 2.24) is 5.43 Å². The van der Waals surface area contributed by atoms with Gasteiger partial charge in [-0.15, -0.1) is 0 Å². The van der Waals surface area contributed by atoms with Gasteiger partial charge in [-0.05, 0) is 23.8 Å². The van der Waals surface area contributed by atoms with Crippen molar-refractivity contribution < 1.29 is 14.3 Å². The molecule has 2 rings (SSSR count). The molecule has 0 fully saturated rings. The predicted octanol–water partition coefficient (Wildman–Crippen LogP) is 1.69. The number of halogens is 1. The molecule has 1 aromatic rings. The van der Waals surface area contributed by atoms with Crippen LogP contribution in [0.3, 0.4) is 0 Å². The van der Waals surface area contributed by atoms with Crippen molar-refractivity contribution in [2.24, 2.45) is 10.8 Å². The number of primary amides is 1. The monoisotopic (exact) mass is 337 g/mol. The van der Waals surface area contributed by atoms with Crippen molar-refractivity contribution in [2.75, 3.05) is 11.9 Å². The molecule has 0 bridgehead atoms. The fourth-order valence-corrected chi connectivity index (χ4v) is 1.87. The van der Waals surface area contributed by atoms with Gasteiger partial charge in [-0.2, -0.15) is 5.10 Å². The van der Waals surface area contributed by atoms with E-state index in [0.29, 0.717) is 23.2 Å². The number of nitrogens with two attached hydrogens (primary N) is 1. The highest BCUT2D eigenvalue weighted by atomic mass is 79.9. The molecule has 0 aromatic heterocycles. The summed E-state index contributed by atoms with van der Waals surface area (Å²) in [4.78, 5) is 22.8. The SMILES string of the molecule is NC(=O)N/N=C1\C=Cc2ccc(OCCBr)cc2C1=O. The molecule has 1 aliphatic rings. The molecule has 2 amide bonds. The summed E-state index contributed by atoms with van der Waals surface area (Å²) in [6.07, 6.45) is 3.27. The molecular weight excluding hydrogens is 326 g/mol. The summed E-state index contributed by atoms with van der Waals surface area (Å²) in [5.74, 6) is 0.314. The molecular formula is C13H12BrN3O3. The lowest BCUT2D eigenvalue weighted by Crippen LogP contribution is -2.28. The van der Waals surface area contributed by atoms with Gasteiger partial charge in [-0.1, -0.05) is 28.1 Å². The average Bonchev–Trinajstić information content (AvgIpc) is 2.44. The van der Waals surface area contributed by atoms with Gasteiger partial charge in [0.1, 0.15) is 11.5 Å². The van der Waals surface area contributed by atoms with E-state index in [4.69, 9.17) is 10.5 Å². The van der Waals surface area contributed by atoms with Gasteiger partial charge in [-0.25, -0.2) is 10.2 Å². The van der Waals surface area contributed by atoms with Crippen molar-refractivity contribution in [3.8, 4) is 5.75 Å². The number of carbonyl (C=O) groups is 2. The smallest absolute Gasteiger partial charge is 0.332 e. The van der Waals surface area contributed by atoms with Crippen molar-refractivity contribution in [3.63, 3.8) is 0 Å². The number of hydrazone groups is 1. The van der Waals surface area contributed by atoms with Gasteiger partial charge < -0.3 is 10.5 Å². The maximum Gasteiger partial charge on any atom is 0.332 e. The van der Waals surface area contributed by atoms with Crippen LogP contribution in [-0.2, 0) is 0 Å². The second-order valence-corrected chi connectivity index (χ2v) is 4.72. The molecule has 0 saturated heterocycles. The first-order chi connectivity index (χ1) is 9.61. The Morgan fingerprint density at radius 2 is 2.20 bits per heavy atom. The van der Waals surface area contributed by atoms with Crippen LogP contribution in [0.4, 0.5) is 4.79 Å². The molecule has 0 heterocycles. The Morgan fingerprint density at radius 1 is 1.40 bits per heavy atom. The second-order valence-electron chi connectivity index (χ2n) is 3.92. The summed E-state index contributed by atoms with van der Waals surface area (Å²) >= 11 is 3.26. The molecule has 6 nitrogen and oxygen atoms in total. The van der Waals surface area contributed by atoms with Crippen LogP contribution in [0.1, 0.15) is 15.9 Å². The molecule has 1 aromatic carbocycles. The number of nitrogens with one attached hydrogen (secondary N) is 1. The number of benzene rings is 1. The number of amides is 2. The van der Waals surface area contributed by atoms with Gasteiger partial charge in [0.05, 0.1) is 6.61 Å². The van der Waals surface area contributed by atoms with E-state index in [-0.39, 0.29) is 11.5 Å². The number of nitrogens with zero attached hydrogens (tertiary/aromatic N) is 1. The van der Waals surface area contributed by atoms with E-state index in [1.54, 1.807) is 24.3 Å². The third-order valence-electron chi connectivity index (χ3n) is 2.56. The Morgan fingerprint density at radius 3 is 2.90 bits per heavy atom. The van der Waals surface area contributed by atoms with Crippen molar-refractivity contribution in [2.45, 2.75) is 0 Å². The number of hydrogen-bond donors (Lipinski definition) is 2. The number of rotatable bonds is 4. The van der Waals surface area contributed by atoms with E-state index >= 15 is 0 Å². The van der Waals surface area contributed by atoms with E-state index in [1.165, 1.54) is 6.08 Å². The van der Waals surface area contributed by atoms with Crippen molar-refractivity contribution in [3.05, 3.63) is 35.4 Å². The minimum Gasteiger partial charge on any atom is -0.493 e. The van der Waals surface area contributed by atoms with Gasteiger partial charge in [0.25, 0.3) is 0 Å². The molecule has 1 aliphatic carbocycles. The van der Waals surface area contributed by atoms with E-state index in [1.807, 2.05) is 5.43 Å². The van der Waals surface area contributed by atoms with Crippen LogP contribution >= 0.6 is 15.9 Å². The predicted molar refractivity (Wildman–Crippen MR) is 79.2 cm³/mol. The zero-order valence-corrected chi connectivity index (χ0v) is 12.0. The number of ether oxygens (including phenoxy) is 1. The number of ketones is 1. The summed E-state index contributed by atoms with van der Waals surface area (Å²) in [5, 5.41) is 4.36. The fourth-order valence-electron chi connectivity index (χ4n) is 1.71. The van der Waals surface area contributed by atoms with Crippen LogP contribution < -0.4 is 15.9 Å². The summed E-state index contributed by atoms with van der Waals surface area (Å²) in [6, 6.07) is 4.43. The Kier molecular flexibility index (Phi) is 4.52. The number of alkyl halides is 1. The first-order valence-electron chi connectivity index (χ1n) is 5.80. The van der Waals surface area contributed by atoms with Crippen LogP contribution in [0.25, 0.3) is 6.08 Å². The van der Waals surface area contributed by atoms with E-state index < -0.39 is 6.03 Å². The van der Waals surface area contributed by atoms with Crippen molar-refractivity contribution >= 4 is 39.5 Å². The maximum absolute atomic E-state index is 12.2. The first-order valence-corrected chi connectivity index (χ1v) is 6.92. The fraction of sp³-hybridized carbons (Fsp3) is 0.154. The minimum absolute atomic E-state index is 0.119. The number of fused-ring (bicyclic) bond motifs is 1. The average molecular weight is 338 g/mol. The van der Waals surface area contributed by atoms with Crippen molar-refractivity contribution in [1.29, 1.82) is 0 Å². The number of urea groups is 1. The van der Waals surface area contributed by atoms with Gasteiger partial charge >= 0.3 is 6.03 Å². The highest BCUT2D eigenvalue weighted by Crippen LogP contribution is 2.23. The van der Waals surface area contributed by atoms with E-state index in [0.717, 1.165) is 5.56 Å². The molecule has 20 heavy (non-hydrogen) atoms. The lowest BCUT2D eigenvalue weighted by Gasteiger charge is -2.13. The van der Waals surface area contributed by atoms with E-state index in [2.05, 4.69) is 21.0 Å². The van der Waals surface area contributed by atoms with Crippen LogP contribution in [-0.4, -0.2) is 29.5 Å². The Balaban J connectivity index is 2.27. The number of carbonyl (C=O) groups excluding carboxylic acids is 2. The summed E-state index contributed by atoms with van der Waals surface area (Å²) in [7, 11) is 0. The zero-order chi connectivity index (χ0) is 14.5. The topological polar surface area (TPSA) is 93.8 Å². The molecule has 0 spiro atoms. The molecule has 0 unspecified atom stereocenters. The Hall–Kier alpha value is -2.15. The largest absolute Gasteiger partial charge is 0.493 e. The molecule has 3 N–H and O–H groups in total. The molecule has 0 atom stereocenters. The number of allylic oxidation sites excluding steroid dienone is 1. The third kappa shape index (κ3) is 3.24. The van der Waals surface area contributed by atoms with Crippen LogP contribution in [0, 0.1) is 0 Å². The highest BCUT2D eigenvalue weighted by Gasteiger charge is 2.20. The molecule has 7 heteroatoms. The molecule has 104 valence electrons.